The van der Waals surface area contributed by atoms with Gasteiger partial charge in [-0.3, -0.25) is 4.79 Å². The lowest BCUT2D eigenvalue weighted by Crippen LogP contribution is -2.36. The van der Waals surface area contributed by atoms with Gasteiger partial charge in [0.1, 0.15) is 11.9 Å². The van der Waals surface area contributed by atoms with Crippen LogP contribution in [-0.4, -0.2) is 16.0 Å². The van der Waals surface area contributed by atoms with E-state index < -0.39 is 11.9 Å². The quantitative estimate of drug-likeness (QED) is 0.755. The highest BCUT2D eigenvalue weighted by Crippen LogP contribution is 2.33. The summed E-state index contributed by atoms with van der Waals surface area (Å²) in [4.78, 5) is 17.0. The Labute approximate surface area is 151 Å². The summed E-state index contributed by atoms with van der Waals surface area (Å²) in [5.41, 5.74) is 0.833. The Morgan fingerprint density at radius 1 is 1.08 bits per heavy atom. The molecule has 1 amide bonds. The van der Waals surface area contributed by atoms with Crippen molar-refractivity contribution in [3.05, 3.63) is 71.9 Å². The topological polar surface area (TPSA) is 68.0 Å². The van der Waals surface area contributed by atoms with Gasteiger partial charge in [0.2, 0.25) is 11.7 Å². The molecular weight excluding hydrogens is 333 g/mol. The molecule has 1 aromatic heterocycles. The Kier molecular flexibility index (Phi) is 4.84. The number of amides is 1. The average Bonchev–Trinajstić information content (AvgIpc) is 3.09. The van der Waals surface area contributed by atoms with Crippen molar-refractivity contribution >= 4 is 5.91 Å². The van der Waals surface area contributed by atoms with Crippen molar-refractivity contribution in [3.8, 4) is 11.4 Å². The zero-order valence-corrected chi connectivity index (χ0v) is 14.9. The molecule has 26 heavy (non-hydrogen) atoms. The lowest BCUT2D eigenvalue weighted by molar-refractivity contribution is 0.0880. The minimum Gasteiger partial charge on any atom is -0.340 e. The standard InChI is InChI=1S/C20H20FN3O2/c1-20(2,3)16(22-18(25)14-9-11-15(21)12-10-14)19-23-17(24-26-19)13-7-5-4-6-8-13/h4-12,16H,1-3H3,(H,22,25). The maximum absolute atomic E-state index is 13.1. The maximum atomic E-state index is 13.1. The average molecular weight is 353 g/mol. The van der Waals surface area contributed by atoms with Gasteiger partial charge in [0.15, 0.2) is 0 Å². The third kappa shape index (κ3) is 3.96. The summed E-state index contributed by atoms with van der Waals surface area (Å²) in [6, 6.07) is 14.3. The SMILES string of the molecule is CC(C)(C)C(NC(=O)c1ccc(F)cc1)c1nc(-c2ccccc2)no1. The minimum atomic E-state index is -0.495. The molecule has 1 heterocycles. The van der Waals surface area contributed by atoms with Gasteiger partial charge in [0, 0.05) is 11.1 Å². The van der Waals surface area contributed by atoms with E-state index in [0.29, 0.717) is 17.3 Å². The predicted molar refractivity (Wildman–Crippen MR) is 95.8 cm³/mol. The summed E-state index contributed by atoms with van der Waals surface area (Å²) in [5, 5.41) is 6.94. The van der Waals surface area contributed by atoms with Crippen LogP contribution in [-0.2, 0) is 0 Å². The second kappa shape index (κ2) is 7.07. The maximum Gasteiger partial charge on any atom is 0.251 e. The van der Waals surface area contributed by atoms with E-state index in [4.69, 9.17) is 4.52 Å². The summed E-state index contributed by atoms with van der Waals surface area (Å²) in [7, 11) is 0. The van der Waals surface area contributed by atoms with Crippen molar-refractivity contribution in [2.75, 3.05) is 0 Å². The molecule has 0 aliphatic rings. The summed E-state index contributed by atoms with van der Waals surface area (Å²) in [5.74, 6) is 0.0698. The highest BCUT2D eigenvalue weighted by Gasteiger charge is 2.33. The first-order valence-corrected chi connectivity index (χ1v) is 8.30. The summed E-state index contributed by atoms with van der Waals surface area (Å²) < 4.78 is 18.5. The molecule has 0 aliphatic heterocycles. The molecule has 0 radical (unpaired) electrons. The van der Waals surface area contributed by atoms with Crippen molar-refractivity contribution < 1.29 is 13.7 Å². The number of hydrogen-bond donors (Lipinski definition) is 1. The van der Waals surface area contributed by atoms with Crippen LogP contribution in [0.5, 0.6) is 0 Å². The molecular formula is C20H20FN3O2. The lowest BCUT2D eigenvalue weighted by Gasteiger charge is -2.28. The van der Waals surface area contributed by atoms with Crippen molar-refractivity contribution in [3.63, 3.8) is 0 Å². The summed E-state index contributed by atoms with van der Waals surface area (Å²) in [6.45, 7) is 5.90. The van der Waals surface area contributed by atoms with Crippen LogP contribution in [0, 0.1) is 11.2 Å². The smallest absolute Gasteiger partial charge is 0.251 e. The predicted octanol–water partition coefficient (Wildman–Crippen LogP) is 4.39. The third-order valence-corrected chi connectivity index (χ3v) is 3.97. The zero-order valence-electron chi connectivity index (χ0n) is 14.9. The van der Waals surface area contributed by atoms with Crippen LogP contribution < -0.4 is 5.32 Å². The number of halogens is 1. The first-order valence-electron chi connectivity index (χ1n) is 8.30. The number of nitrogens with zero attached hydrogens (tertiary/aromatic N) is 2. The summed E-state index contributed by atoms with van der Waals surface area (Å²) >= 11 is 0. The largest absolute Gasteiger partial charge is 0.340 e. The number of hydrogen-bond acceptors (Lipinski definition) is 4. The molecule has 0 fully saturated rings. The second-order valence-corrected chi connectivity index (χ2v) is 7.10. The molecule has 3 aromatic rings. The van der Waals surface area contributed by atoms with Gasteiger partial charge in [-0.25, -0.2) is 4.39 Å². The number of rotatable bonds is 4. The Balaban J connectivity index is 1.86. The third-order valence-electron chi connectivity index (χ3n) is 3.97. The van der Waals surface area contributed by atoms with Crippen LogP contribution >= 0.6 is 0 Å². The molecule has 134 valence electrons. The molecule has 1 unspecified atom stereocenters. The molecule has 1 atom stereocenters. The zero-order chi connectivity index (χ0) is 18.7. The van der Waals surface area contributed by atoms with Gasteiger partial charge < -0.3 is 9.84 Å². The molecule has 0 bridgehead atoms. The fourth-order valence-electron chi connectivity index (χ4n) is 2.52. The van der Waals surface area contributed by atoms with E-state index in [9.17, 15) is 9.18 Å². The molecule has 0 saturated carbocycles. The van der Waals surface area contributed by atoms with E-state index in [0.717, 1.165) is 5.56 Å². The molecule has 0 spiro atoms. The van der Waals surface area contributed by atoms with Gasteiger partial charge in [0.25, 0.3) is 5.91 Å². The number of aromatic nitrogens is 2. The van der Waals surface area contributed by atoms with E-state index in [-0.39, 0.29) is 11.3 Å². The normalized spacial score (nSPS) is 12.6. The van der Waals surface area contributed by atoms with Gasteiger partial charge in [0.05, 0.1) is 0 Å². The summed E-state index contributed by atoms with van der Waals surface area (Å²) in [6.07, 6.45) is 0. The minimum absolute atomic E-state index is 0.326. The fraction of sp³-hybridized carbons (Fsp3) is 0.250. The highest BCUT2D eigenvalue weighted by molar-refractivity contribution is 5.94. The molecule has 1 N–H and O–H groups in total. The molecule has 6 heteroatoms. The highest BCUT2D eigenvalue weighted by atomic mass is 19.1. The van der Waals surface area contributed by atoms with Crippen LogP contribution in [0.4, 0.5) is 4.39 Å². The molecule has 0 aliphatic carbocycles. The number of benzene rings is 2. The fourth-order valence-corrected chi connectivity index (χ4v) is 2.52. The lowest BCUT2D eigenvalue weighted by atomic mass is 9.86. The van der Waals surface area contributed by atoms with E-state index in [1.165, 1.54) is 24.3 Å². The van der Waals surface area contributed by atoms with Crippen molar-refractivity contribution in [1.29, 1.82) is 0 Å². The number of nitrogens with one attached hydrogen (secondary N) is 1. The van der Waals surface area contributed by atoms with E-state index in [1.807, 2.05) is 51.1 Å². The first-order chi connectivity index (χ1) is 12.3. The Bertz CT molecular complexity index is 883. The van der Waals surface area contributed by atoms with Crippen molar-refractivity contribution in [2.24, 2.45) is 5.41 Å². The van der Waals surface area contributed by atoms with E-state index >= 15 is 0 Å². The Morgan fingerprint density at radius 3 is 2.35 bits per heavy atom. The molecule has 2 aromatic carbocycles. The first kappa shape index (κ1) is 17.8. The number of carbonyl (C=O) groups excluding carboxylic acids is 1. The van der Waals surface area contributed by atoms with Crippen LogP contribution in [0.3, 0.4) is 0 Å². The van der Waals surface area contributed by atoms with Crippen LogP contribution in [0.15, 0.2) is 59.1 Å². The van der Waals surface area contributed by atoms with E-state index in [1.54, 1.807) is 0 Å². The Hall–Kier alpha value is -3.02. The molecule has 5 nitrogen and oxygen atoms in total. The number of carbonyl (C=O) groups is 1. The van der Waals surface area contributed by atoms with Gasteiger partial charge in [-0.1, -0.05) is 56.3 Å². The van der Waals surface area contributed by atoms with E-state index in [2.05, 4.69) is 15.5 Å². The van der Waals surface area contributed by atoms with Crippen LogP contribution in [0.1, 0.15) is 43.1 Å². The van der Waals surface area contributed by atoms with Crippen molar-refractivity contribution in [1.82, 2.24) is 15.5 Å². The van der Waals surface area contributed by atoms with Crippen LogP contribution in [0.25, 0.3) is 11.4 Å². The molecule has 0 saturated heterocycles. The van der Waals surface area contributed by atoms with Gasteiger partial charge in [-0.05, 0) is 29.7 Å². The van der Waals surface area contributed by atoms with Crippen molar-refractivity contribution in [2.45, 2.75) is 26.8 Å². The molecule has 3 rings (SSSR count). The van der Waals surface area contributed by atoms with Gasteiger partial charge >= 0.3 is 0 Å². The monoisotopic (exact) mass is 353 g/mol. The van der Waals surface area contributed by atoms with Gasteiger partial charge in [-0.15, -0.1) is 0 Å². The van der Waals surface area contributed by atoms with Gasteiger partial charge in [-0.2, -0.15) is 4.98 Å². The van der Waals surface area contributed by atoms with Crippen LogP contribution in [0.2, 0.25) is 0 Å². The second-order valence-electron chi connectivity index (χ2n) is 7.10. The Morgan fingerprint density at radius 2 is 1.73 bits per heavy atom.